The van der Waals surface area contributed by atoms with E-state index in [1.165, 1.54) is 12.1 Å². The second-order valence-corrected chi connectivity index (χ2v) is 6.37. The van der Waals surface area contributed by atoms with Crippen LogP contribution >= 0.6 is 12.4 Å². The maximum absolute atomic E-state index is 13.9. The number of nitrogens with two attached hydrogens (primary N) is 1. The first-order valence-corrected chi connectivity index (χ1v) is 7.90. The molecule has 0 spiro atoms. The molecule has 0 bridgehead atoms. The molecule has 0 saturated heterocycles. The Morgan fingerprint density at radius 2 is 2.04 bits per heavy atom. The van der Waals surface area contributed by atoms with Crippen molar-refractivity contribution >= 4 is 24.0 Å². The Morgan fingerprint density at radius 3 is 2.54 bits per heavy atom. The SMILES string of the molecule is CCOc1ccc(NC(=O)C2(N)CC(OCC)C2(C)C)cc1F.Cl. The molecule has 1 aliphatic carbocycles. The highest BCUT2D eigenvalue weighted by Gasteiger charge is 2.62. The van der Waals surface area contributed by atoms with Crippen LogP contribution in [0.3, 0.4) is 0 Å². The van der Waals surface area contributed by atoms with Gasteiger partial charge >= 0.3 is 0 Å². The van der Waals surface area contributed by atoms with E-state index in [1.54, 1.807) is 13.0 Å². The molecule has 2 rings (SSSR count). The van der Waals surface area contributed by atoms with E-state index in [2.05, 4.69) is 5.32 Å². The Labute approximate surface area is 148 Å². The first kappa shape index (κ1) is 20.7. The van der Waals surface area contributed by atoms with Gasteiger partial charge in [-0.25, -0.2) is 4.39 Å². The number of benzene rings is 1. The first-order valence-electron chi connectivity index (χ1n) is 7.90. The van der Waals surface area contributed by atoms with E-state index in [-0.39, 0.29) is 30.2 Å². The summed E-state index contributed by atoms with van der Waals surface area (Å²) < 4.78 is 24.6. The Bertz CT molecular complexity index is 597. The molecule has 0 aromatic heterocycles. The van der Waals surface area contributed by atoms with E-state index in [4.69, 9.17) is 15.2 Å². The second kappa shape index (κ2) is 7.68. The third-order valence-electron chi connectivity index (χ3n) is 4.72. The predicted octanol–water partition coefficient (Wildman–Crippen LogP) is 3.12. The van der Waals surface area contributed by atoms with E-state index in [0.717, 1.165) is 0 Å². The number of carbonyl (C=O) groups excluding carboxylic acids is 1. The number of nitrogens with one attached hydrogen (secondary N) is 1. The highest BCUT2D eigenvalue weighted by Crippen LogP contribution is 2.50. The van der Waals surface area contributed by atoms with Gasteiger partial charge in [0.05, 0.1) is 12.7 Å². The van der Waals surface area contributed by atoms with Crippen LogP contribution < -0.4 is 15.8 Å². The zero-order valence-corrected chi connectivity index (χ0v) is 15.3. The minimum Gasteiger partial charge on any atom is -0.491 e. The molecule has 24 heavy (non-hydrogen) atoms. The number of hydrogen-bond acceptors (Lipinski definition) is 4. The lowest BCUT2D eigenvalue weighted by molar-refractivity contribution is -0.166. The minimum atomic E-state index is -1.04. The van der Waals surface area contributed by atoms with Crippen molar-refractivity contribution in [3.05, 3.63) is 24.0 Å². The van der Waals surface area contributed by atoms with Gasteiger partial charge in [-0.1, -0.05) is 13.8 Å². The number of carbonyl (C=O) groups is 1. The van der Waals surface area contributed by atoms with Crippen molar-refractivity contribution in [2.24, 2.45) is 11.1 Å². The van der Waals surface area contributed by atoms with E-state index in [9.17, 15) is 9.18 Å². The second-order valence-electron chi connectivity index (χ2n) is 6.37. The molecule has 0 heterocycles. The van der Waals surface area contributed by atoms with Crippen molar-refractivity contribution in [1.29, 1.82) is 0 Å². The van der Waals surface area contributed by atoms with Gasteiger partial charge in [-0.3, -0.25) is 4.79 Å². The van der Waals surface area contributed by atoms with E-state index >= 15 is 0 Å². The number of ether oxygens (including phenoxy) is 2. The van der Waals surface area contributed by atoms with Gasteiger partial charge in [-0.15, -0.1) is 12.4 Å². The number of hydrogen-bond donors (Lipinski definition) is 2. The monoisotopic (exact) mass is 360 g/mol. The maximum Gasteiger partial charge on any atom is 0.245 e. The Balaban J connectivity index is 0.00000288. The average Bonchev–Trinajstić information content (AvgIpc) is 2.49. The highest BCUT2D eigenvalue weighted by atomic mass is 35.5. The molecule has 0 aliphatic heterocycles. The Kier molecular flexibility index (Phi) is 6.61. The number of halogens is 2. The van der Waals surface area contributed by atoms with Crippen LogP contribution in [0.25, 0.3) is 0 Å². The van der Waals surface area contributed by atoms with Gasteiger partial charge in [0.25, 0.3) is 0 Å². The molecule has 3 N–H and O–H groups in total. The van der Waals surface area contributed by atoms with Crippen molar-refractivity contribution < 1.29 is 18.7 Å². The van der Waals surface area contributed by atoms with E-state index in [0.29, 0.717) is 25.3 Å². The molecule has 5 nitrogen and oxygen atoms in total. The molecule has 136 valence electrons. The summed E-state index contributed by atoms with van der Waals surface area (Å²) >= 11 is 0. The molecule has 2 unspecified atom stereocenters. The molecular weight excluding hydrogens is 335 g/mol. The van der Waals surface area contributed by atoms with Gasteiger partial charge in [-0.2, -0.15) is 0 Å². The molecular formula is C17H26ClFN2O3. The van der Waals surface area contributed by atoms with Gasteiger partial charge in [-0.05, 0) is 26.0 Å². The summed E-state index contributed by atoms with van der Waals surface area (Å²) in [6.07, 6.45) is 0.388. The maximum atomic E-state index is 13.9. The lowest BCUT2D eigenvalue weighted by Crippen LogP contribution is -2.74. The summed E-state index contributed by atoms with van der Waals surface area (Å²) in [5.74, 6) is -0.689. The van der Waals surface area contributed by atoms with Gasteiger partial charge in [0.2, 0.25) is 5.91 Å². The number of rotatable bonds is 6. The van der Waals surface area contributed by atoms with Gasteiger partial charge in [0.15, 0.2) is 11.6 Å². The van der Waals surface area contributed by atoms with Crippen LogP contribution in [0.5, 0.6) is 5.75 Å². The summed E-state index contributed by atoms with van der Waals surface area (Å²) in [7, 11) is 0. The smallest absolute Gasteiger partial charge is 0.245 e. The molecule has 1 fully saturated rings. The van der Waals surface area contributed by atoms with Crippen LogP contribution in [0.15, 0.2) is 18.2 Å². The summed E-state index contributed by atoms with van der Waals surface area (Å²) in [5, 5.41) is 2.70. The molecule has 7 heteroatoms. The fraction of sp³-hybridized carbons (Fsp3) is 0.588. The minimum absolute atomic E-state index is 0. The van der Waals surface area contributed by atoms with Gasteiger partial charge in [0, 0.05) is 30.2 Å². The Morgan fingerprint density at radius 1 is 1.38 bits per heavy atom. The standard InChI is InChI=1S/C17H25FN2O3.ClH/c1-5-22-13-8-7-11(9-12(13)18)20-15(21)17(19)10-14(23-6-2)16(17,3)4;/h7-9,14H,5-6,10,19H2,1-4H3,(H,20,21);1H. The summed E-state index contributed by atoms with van der Waals surface area (Å²) in [5.41, 5.74) is 5.13. The summed E-state index contributed by atoms with van der Waals surface area (Å²) in [6, 6.07) is 4.32. The van der Waals surface area contributed by atoms with Crippen LogP contribution in [0.1, 0.15) is 34.1 Å². The van der Waals surface area contributed by atoms with Crippen molar-refractivity contribution in [3.63, 3.8) is 0 Å². The molecule has 1 amide bonds. The van der Waals surface area contributed by atoms with Crippen molar-refractivity contribution in [2.75, 3.05) is 18.5 Å². The molecule has 1 saturated carbocycles. The lowest BCUT2D eigenvalue weighted by atomic mass is 9.54. The van der Waals surface area contributed by atoms with Crippen molar-refractivity contribution in [3.8, 4) is 5.75 Å². The van der Waals surface area contributed by atoms with Gasteiger partial charge in [0.1, 0.15) is 5.54 Å². The predicted molar refractivity (Wildman–Crippen MR) is 94.2 cm³/mol. The van der Waals surface area contributed by atoms with E-state index < -0.39 is 16.8 Å². The topological polar surface area (TPSA) is 73.6 Å². The molecule has 1 aromatic carbocycles. The third kappa shape index (κ3) is 3.50. The quantitative estimate of drug-likeness (QED) is 0.817. The van der Waals surface area contributed by atoms with Crippen LogP contribution in [0, 0.1) is 11.2 Å². The number of anilines is 1. The summed E-state index contributed by atoms with van der Waals surface area (Å²) in [6.45, 7) is 8.47. The highest BCUT2D eigenvalue weighted by molar-refractivity contribution is 5.99. The van der Waals surface area contributed by atoms with Crippen LogP contribution in [0.4, 0.5) is 10.1 Å². The van der Waals surface area contributed by atoms with Crippen molar-refractivity contribution in [2.45, 2.75) is 45.8 Å². The lowest BCUT2D eigenvalue weighted by Gasteiger charge is -2.57. The van der Waals surface area contributed by atoms with Crippen LogP contribution in [-0.2, 0) is 9.53 Å². The fourth-order valence-electron chi connectivity index (χ4n) is 2.91. The Hall–Kier alpha value is -1.37. The largest absolute Gasteiger partial charge is 0.491 e. The van der Waals surface area contributed by atoms with Crippen LogP contribution in [-0.4, -0.2) is 30.8 Å². The average molecular weight is 361 g/mol. The summed E-state index contributed by atoms with van der Waals surface area (Å²) in [4.78, 5) is 12.6. The number of amides is 1. The van der Waals surface area contributed by atoms with E-state index in [1.807, 2.05) is 20.8 Å². The van der Waals surface area contributed by atoms with Gasteiger partial charge < -0.3 is 20.5 Å². The van der Waals surface area contributed by atoms with Crippen molar-refractivity contribution in [1.82, 2.24) is 0 Å². The molecule has 0 radical (unpaired) electrons. The zero-order valence-electron chi connectivity index (χ0n) is 14.5. The molecule has 1 aromatic rings. The fourth-order valence-corrected chi connectivity index (χ4v) is 2.91. The zero-order chi connectivity index (χ0) is 17.3. The van der Waals surface area contributed by atoms with Crippen LogP contribution in [0.2, 0.25) is 0 Å². The third-order valence-corrected chi connectivity index (χ3v) is 4.72. The normalized spacial score (nSPS) is 24.5. The first-order chi connectivity index (χ1) is 10.8. The molecule has 1 aliphatic rings. The molecule has 2 atom stereocenters.